The molecule has 3 fully saturated rings. The van der Waals surface area contributed by atoms with Crippen molar-refractivity contribution in [1.29, 1.82) is 0 Å². The molecule has 5 heterocycles. The van der Waals surface area contributed by atoms with E-state index in [9.17, 15) is 9.59 Å². The lowest BCUT2D eigenvalue weighted by molar-refractivity contribution is -0.169. The van der Waals surface area contributed by atoms with Crippen LogP contribution in [0.2, 0.25) is 5.15 Å². The Morgan fingerprint density at radius 1 is 1.00 bits per heavy atom. The number of hydrogen-bond acceptors (Lipinski definition) is 8. The number of rotatable bonds is 6. The molecule has 1 spiro atoms. The highest BCUT2D eigenvalue weighted by molar-refractivity contribution is 7.98. The third kappa shape index (κ3) is 5.91. The fourth-order valence-electron chi connectivity index (χ4n) is 6.31. The Bertz CT molecular complexity index is 1670. The van der Waals surface area contributed by atoms with Crippen molar-refractivity contribution in [3.8, 4) is 0 Å². The van der Waals surface area contributed by atoms with Crippen molar-refractivity contribution in [3.05, 3.63) is 81.4 Å². The number of imidazole rings is 1. The second-order valence-corrected chi connectivity index (χ2v) is 12.6. The van der Waals surface area contributed by atoms with Crippen LogP contribution in [0.3, 0.4) is 0 Å². The molecule has 4 aromatic rings. The molecule has 1 amide bonds. The number of nitrogens with zero attached hydrogens (tertiary/aromatic N) is 5. The lowest BCUT2D eigenvalue weighted by atomic mass is 10.0. The summed E-state index contributed by atoms with van der Waals surface area (Å²) >= 11 is 7.89. The molecule has 0 atom stereocenters. The number of aromatic amines is 1. The molecule has 0 bridgehead atoms. The molecule has 12 heteroatoms. The van der Waals surface area contributed by atoms with E-state index in [4.69, 9.17) is 26.1 Å². The third-order valence-corrected chi connectivity index (χ3v) is 9.75. The summed E-state index contributed by atoms with van der Waals surface area (Å²) in [6, 6.07) is 17.4. The van der Waals surface area contributed by atoms with Gasteiger partial charge >= 0.3 is 5.69 Å². The predicted molar refractivity (Wildman–Crippen MR) is 166 cm³/mol. The molecule has 0 aliphatic carbocycles. The second kappa shape index (κ2) is 12.0. The molecule has 7 rings (SSSR count). The molecule has 2 aromatic carbocycles. The van der Waals surface area contributed by atoms with Crippen LogP contribution in [0, 0.1) is 0 Å². The maximum atomic E-state index is 13.3. The first-order valence-corrected chi connectivity index (χ1v) is 16.1. The Balaban J connectivity index is 0.938. The van der Waals surface area contributed by atoms with E-state index in [1.807, 2.05) is 64.1 Å². The summed E-state index contributed by atoms with van der Waals surface area (Å²) in [6.07, 6.45) is 3.07. The number of hydrogen-bond donors (Lipinski definition) is 1. The molecule has 2 aromatic heterocycles. The standard InChI is InChI=1S/C31H33ClN6O4S/c32-26-19-27(36-15-11-31(12-16-36)41-17-18-42-31)35-29(34-26)43-20-21-5-7-22(8-6-21)28(39)37-13-9-23(10-14-37)38-25-4-2-1-3-24(25)33-30(38)40/h1-8,19,23H,9-18,20H2,(H,33,40). The van der Waals surface area contributed by atoms with E-state index in [1.165, 1.54) is 11.8 Å². The molecular weight excluding hydrogens is 588 g/mol. The van der Waals surface area contributed by atoms with Crippen LogP contribution >= 0.6 is 23.4 Å². The van der Waals surface area contributed by atoms with Gasteiger partial charge in [0.05, 0.1) is 24.2 Å². The minimum atomic E-state index is -0.437. The summed E-state index contributed by atoms with van der Waals surface area (Å²) in [5, 5.41) is 1.04. The number of likely N-dealkylation sites (tertiary alicyclic amines) is 1. The number of halogens is 1. The molecule has 0 unspecified atom stereocenters. The Morgan fingerprint density at radius 3 is 2.47 bits per heavy atom. The summed E-state index contributed by atoms with van der Waals surface area (Å²) in [4.78, 5) is 42.1. The number of H-pyrrole nitrogens is 1. The van der Waals surface area contributed by atoms with Gasteiger partial charge in [0.25, 0.3) is 5.91 Å². The zero-order valence-corrected chi connectivity index (χ0v) is 25.3. The van der Waals surface area contributed by atoms with E-state index in [2.05, 4.69) is 14.9 Å². The molecule has 1 N–H and O–H groups in total. The van der Waals surface area contributed by atoms with Gasteiger partial charge in [-0.05, 0) is 42.7 Å². The van der Waals surface area contributed by atoms with Crippen molar-refractivity contribution in [2.45, 2.75) is 48.4 Å². The van der Waals surface area contributed by atoms with Gasteiger partial charge < -0.3 is 24.3 Å². The van der Waals surface area contributed by atoms with Crippen molar-refractivity contribution >= 4 is 46.1 Å². The number of piperidine rings is 2. The second-order valence-electron chi connectivity index (χ2n) is 11.3. The number of thioether (sulfide) groups is 1. The smallest absolute Gasteiger partial charge is 0.326 e. The van der Waals surface area contributed by atoms with E-state index < -0.39 is 5.79 Å². The van der Waals surface area contributed by atoms with Crippen LogP contribution in [0.5, 0.6) is 0 Å². The topological polar surface area (TPSA) is 106 Å². The van der Waals surface area contributed by atoms with E-state index >= 15 is 0 Å². The average molecular weight is 621 g/mol. The molecule has 0 radical (unpaired) electrons. The highest BCUT2D eigenvalue weighted by Crippen LogP contribution is 2.34. The number of carbonyl (C=O) groups excluding carboxylic acids is 1. The first-order chi connectivity index (χ1) is 21.0. The van der Waals surface area contributed by atoms with Crippen LogP contribution in [0.4, 0.5) is 5.82 Å². The van der Waals surface area contributed by atoms with Gasteiger partial charge in [-0.15, -0.1) is 0 Å². The highest BCUT2D eigenvalue weighted by Gasteiger charge is 2.40. The van der Waals surface area contributed by atoms with E-state index in [0.717, 1.165) is 61.2 Å². The molecular formula is C31H33ClN6O4S. The zero-order valence-electron chi connectivity index (χ0n) is 23.7. The summed E-state index contributed by atoms with van der Waals surface area (Å²) < 4.78 is 13.5. The fraction of sp³-hybridized carbons (Fsp3) is 0.419. The van der Waals surface area contributed by atoms with Crippen molar-refractivity contribution in [2.24, 2.45) is 0 Å². The number of para-hydroxylation sites is 2. The van der Waals surface area contributed by atoms with Gasteiger partial charge in [0.1, 0.15) is 11.0 Å². The lowest BCUT2D eigenvalue weighted by Gasteiger charge is -2.38. The molecule has 43 heavy (non-hydrogen) atoms. The molecule has 10 nitrogen and oxygen atoms in total. The molecule has 3 saturated heterocycles. The monoisotopic (exact) mass is 620 g/mol. The lowest BCUT2D eigenvalue weighted by Crippen LogP contribution is -2.45. The van der Waals surface area contributed by atoms with Crippen LogP contribution in [-0.4, -0.2) is 75.5 Å². The Hall–Kier alpha value is -3.38. The number of fused-ring (bicyclic) bond motifs is 1. The summed E-state index contributed by atoms with van der Waals surface area (Å²) in [5.41, 5.74) is 3.40. The van der Waals surface area contributed by atoms with Gasteiger partial charge in [-0.1, -0.05) is 47.6 Å². The van der Waals surface area contributed by atoms with Crippen molar-refractivity contribution in [3.63, 3.8) is 0 Å². The highest BCUT2D eigenvalue weighted by atomic mass is 35.5. The molecule has 0 saturated carbocycles. The molecule has 3 aliphatic rings. The quantitative estimate of drug-likeness (QED) is 0.185. The summed E-state index contributed by atoms with van der Waals surface area (Å²) in [7, 11) is 0. The number of amides is 1. The van der Waals surface area contributed by atoms with E-state index in [-0.39, 0.29) is 17.6 Å². The first-order valence-electron chi connectivity index (χ1n) is 14.7. The van der Waals surface area contributed by atoms with Gasteiger partial charge in [-0.2, -0.15) is 0 Å². The maximum Gasteiger partial charge on any atom is 0.326 e. The number of anilines is 1. The Kier molecular flexibility index (Phi) is 7.89. The van der Waals surface area contributed by atoms with Gasteiger partial charge in [-0.25, -0.2) is 14.8 Å². The third-order valence-electron chi connectivity index (χ3n) is 8.63. The van der Waals surface area contributed by atoms with Crippen molar-refractivity contribution in [2.75, 3.05) is 44.3 Å². The van der Waals surface area contributed by atoms with E-state index in [1.54, 1.807) is 0 Å². The van der Waals surface area contributed by atoms with Gasteiger partial charge in [0, 0.05) is 62.4 Å². The summed E-state index contributed by atoms with van der Waals surface area (Å²) in [6.45, 7) is 4.10. The maximum absolute atomic E-state index is 13.3. The molecule has 3 aliphatic heterocycles. The average Bonchev–Trinajstić information content (AvgIpc) is 3.63. The van der Waals surface area contributed by atoms with Gasteiger partial charge in [0.15, 0.2) is 10.9 Å². The number of ether oxygens (including phenoxy) is 2. The van der Waals surface area contributed by atoms with Crippen molar-refractivity contribution < 1.29 is 14.3 Å². The zero-order chi connectivity index (χ0) is 29.4. The fourth-order valence-corrected chi connectivity index (χ4v) is 7.35. The van der Waals surface area contributed by atoms with E-state index in [0.29, 0.717) is 47.9 Å². The number of benzene rings is 2. The van der Waals surface area contributed by atoms with Gasteiger partial charge in [-0.3, -0.25) is 9.36 Å². The SMILES string of the molecule is O=C(c1ccc(CSc2nc(Cl)cc(N3CCC4(CC3)OCCO4)n2)cc1)N1CCC(n2c(=O)[nH]c3ccccc32)CC1. The Morgan fingerprint density at radius 2 is 1.72 bits per heavy atom. The van der Waals surface area contributed by atoms with Crippen LogP contribution < -0.4 is 10.6 Å². The summed E-state index contributed by atoms with van der Waals surface area (Å²) in [5.74, 6) is 1.05. The largest absolute Gasteiger partial charge is 0.356 e. The minimum absolute atomic E-state index is 0.0171. The Labute approximate surface area is 258 Å². The normalized spacial score (nSPS) is 19.0. The predicted octanol–water partition coefficient (Wildman–Crippen LogP) is 4.89. The number of nitrogens with one attached hydrogen (secondary N) is 1. The van der Waals surface area contributed by atoms with Crippen LogP contribution in [0.15, 0.2) is 64.5 Å². The van der Waals surface area contributed by atoms with Crippen LogP contribution in [-0.2, 0) is 15.2 Å². The van der Waals surface area contributed by atoms with Crippen LogP contribution in [0.25, 0.3) is 11.0 Å². The van der Waals surface area contributed by atoms with Gasteiger partial charge in [0.2, 0.25) is 0 Å². The van der Waals surface area contributed by atoms with Crippen molar-refractivity contribution in [1.82, 2.24) is 24.4 Å². The first kappa shape index (κ1) is 28.4. The molecule has 224 valence electrons. The van der Waals surface area contributed by atoms with Crippen LogP contribution in [0.1, 0.15) is 47.6 Å². The number of carbonyl (C=O) groups is 1. The number of aromatic nitrogens is 4. The minimum Gasteiger partial charge on any atom is -0.356 e.